The zero-order chi connectivity index (χ0) is 17.1. The molecule has 1 aliphatic rings. The molecule has 0 aliphatic carbocycles. The van der Waals surface area contributed by atoms with Crippen LogP contribution < -0.4 is 5.32 Å². The van der Waals surface area contributed by atoms with Crippen LogP contribution in [0.5, 0.6) is 0 Å². The molecule has 126 valence electrons. The van der Waals surface area contributed by atoms with Crippen molar-refractivity contribution >= 4 is 63.9 Å². The summed E-state index contributed by atoms with van der Waals surface area (Å²) < 4.78 is 0. The fourth-order valence-corrected chi connectivity index (χ4v) is 3.19. The molecular formula is C14H15Cl4N3O2. The van der Waals surface area contributed by atoms with E-state index in [0.29, 0.717) is 26.2 Å². The number of hydrogen-bond donors (Lipinski definition) is 1. The number of nitrogens with zero attached hydrogens (tertiary/aromatic N) is 2. The quantitative estimate of drug-likeness (QED) is 0.793. The van der Waals surface area contributed by atoms with E-state index in [1.807, 2.05) is 4.90 Å². The first-order valence-electron chi connectivity index (χ1n) is 6.90. The van der Waals surface area contributed by atoms with Gasteiger partial charge in [0.05, 0.1) is 32.3 Å². The lowest BCUT2D eigenvalue weighted by Gasteiger charge is -2.33. The van der Waals surface area contributed by atoms with Crippen molar-refractivity contribution in [3.05, 3.63) is 26.2 Å². The SMILES string of the molecule is CC(=O)N1CCN(CC(=O)Nc2c(Cl)c(Cl)cc(Cl)c2Cl)CC1. The summed E-state index contributed by atoms with van der Waals surface area (Å²) in [4.78, 5) is 27.2. The van der Waals surface area contributed by atoms with Crippen LogP contribution in [0.2, 0.25) is 20.1 Å². The fourth-order valence-electron chi connectivity index (χ4n) is 2.29. The van der Waals surface area contributed by atoms with Crippen LogP contribution in [0.1, 0.15) is 6.92 Å². The Morgan fingerprint density at radius 2 is 1.57 bits per heavy atom. The smallest absolute Gasteiger partial charge is 0.238 e. The van der Waals surface area contributed by atoms with Gasteiger partial charge in [0.1, 0.15) is 0 Å². The van der Waals surface area contributed by atoms with Gasteiger partial charge >= 0.3 is 0 Å². The summed E-state index contributed by atoms with van der Waals surface area (Å²) in [5.41, 5.74) is 0.207. The van der Waals surface area contributed by atoms with Gasteiger partial charge in [-0.05, 0) is 6.07 Å². The van der Waals surface area contributed by atoms with Gasteiger partial charge in [-0.25, -0.2) is 0 Å². The summed E-state index contributed by atoms with van der Waals surface area (Å²) in [7, 11) is 0. The summed E-state index contributed by atoms with van der Waals surface area (Å²) in [6.07, 6.45) is 0. The minimum Gasteiger partial charge on any atom is -0.340 e. The summed E-state index contributed by atoms with van der Waals surface area (Å²) in [6, 6.07) is 1.42. The molecule has 0 saturated carbocycles. The molecule has 1 N–H and O–H groups in total. The molecule has 1 heterocycles. The number of carbonyl (C=O) groups is 2. The number of nitrogens with one attached hydrogen (secondary N) is 1. The molecule has 1 fully saturated rings. The molecule has 0 radical (unpaired) electrons. The molecule has 5 nitrogen and oxygen atoms in total. The number of hydrogen-bond acceptors (Lipinski definition) is 3. The van der Waals surface area contributed by atoms with Crippen LogP contribution in [0, 0.1) is 0 Å². The van der Waals surface area contributed by atoms with E-state index in [-0.39, 0.29) is 44.1 Å². The minimum absolute atomic E-state index is 0.0428. The van der Waals surface area contributed by atoms with Gasteiger partial charge in [0, 0.05) is 33.1 Å². The zero-order valence-electron chi connectivity index (χ0n) is 12.3. The molecule has 0 unspecified atom stereocenters. The van der Waals surface area contributed by atoms with Crippen LogP contribution >= 0.6 is 46.4 Å². The predicted molar refractivity (Wildman–Crippen MR) is 93.8 cm³/mol. The largest absolute Gasteiger partial charge is 0.340 e. The van der Waals surface area contributed by atoms with Gasteiger partial charge in [-0.1, -0.05) is 46.4 Å². The van der Waals surface area contributed by atoms with Gasteiger partial charge in [-0.2, -0.15) is 0 Å². The van der Waals surface area contributed by atoms with Gasteiger partial charge in [0.25, 0.3) is 0 Å². The number of anilines is 1. The Morgan fingerprint density at radius 1 is 1.04 bits per heavy atom. The highest BCUT2D eigenvalue weighted by Gasteiger charge is 2.22. The maximum Gasteiger partial charge on any atom is 0.238 e. The lowest BCUT2D eigenvalue weighted by atomic mass is 10.3. The van der Waals surface area contributed by atoms with Gasteiger partial charge in [0.15, 0.2) is 0 Å². The van der Waals surface area contributed by atoms with Crippen LogP contribution in [0.3, 0.4) is 0 Å². The van der Waals surface area contributed by atoms with Gasteiger partial charge in [-0.15, -0.1) is 0 Å². The van der Waals surface area contributed by atoms with Crippen molar-refractivity contribution in [2.24, 2.45) is 0 Å². The third-order valence-electron chi connectivity index (χ3n) is 3.56. The molecule has 9 heteroatoms. The first-order valence-corrected chi connectivity index (χ1v) is 8.41. The Hall–Kier alpha value is -0.720. The lowest BCUT2D eigenvalue weighted by molar-refractivity contribution is -0.130. The van der Waals surface area contributed by atoms with Crippen molar-refractivity contribution in [1.82, 2.24) is 9.80 Å². The van der Waals surface area contributed by atoms with E-state index in [0.717, 1.165) is 0 Å². The first kappa shape index (κ1) is 18.6. The maximum atomic E-state index is 12.2. The number of rotatable bonds is 3. The monoisotopic (exact) mass is 397 g/mol. The minimum atomic E-state index is -0.275. The first-order chi connectivity index (χ1) is 10.8. The highest BCUT2D eigenvalue weighted by Crippen LogP contribution is 2.40. The molecule has 23 heavy (non-hydrogen) atoms. The van der Waals surface area contributed by atoms with Gasteiger partial charge in [0.2, 0.25) is 11.8 Å². The Kier molecular flexibility index (Phi) is 6.40. The van der Waals surface area contributed by atoms with Crippen molar-refractivity contribution < 1.29 is 9.59 Å². The van der Waals surface area contributed by atoms with E-state index in [2.05, 4.69) is 5.32 Å². The highest BCUT2D eigenvalue weighted by molar-refractivity contribution is 6.50. The second-order valence-electron chi connectivity index (χ2n) is 5.17. The Bertz CT molecular complexity index is 605. The molecule has 0 bridgehead atoms. The molecule has 0 aromatic heterocycles. The van der Waals surface area contributed by atoms with Crippen molar-refractivity contribution in [2.75, 3.05) is 38.0 Å². The third-order valence-corrected chi connectivity index (χ3v) is 5.14. The van der Waals surface area contributed by atoms with Crippen molar-refractivity contribution in [3.63, 3.8) is 0 Å². The maximum absolute atomic E-state index is 12.2. The van der Waals surface area contributed by atoms with Crippen LogP contribution in [0.25, 0.3) is 0 Å². The van der Waals surface area contributed by atoms with E-state index < -0.39 is 0 Å². The molecule has 1 aromatic carbocycles. The molecule has 1 aromatic rings. The lowest BCUT2D eigenvalue weighted by Crippen LogP contribution is -2.49. The zero-order valence-corrected chi connectivity index (χ0v) is 15.4. The van der Waals surface area contributed by atoms with Gasteiger partial charge in [-0.3, -0.25) is 14.5 Å². The number of halogens is 4. The van der Waals surface area contributed by atoms with E-state index in [4.69, 9.17) is 46.4 Å². The van der Waals surface area contributed by atoms with E-state index >= 15 is 0 Å². The van der Waals surface area contributed by atoms with Crippen LogP contribution in [-0.4, -0.2) is 54.3 Å². The molecule has 1 saturated heterocycles. The number of benzene rings is 1. The fraction of sp³-hybridized carbons (Fsp3) is 0.429. The van der Waals surface area contributed by atoms with Crippen LogP contribution in [-0.2, 0) is 9.59 Å². The molecule has 0 spiro atoms. The molecule has 2 amide bonds. The molecule has 2 rings (SSSR count). The number of amides is 2. The summed E-state index contributed by atoms with van der Waals surface area (Å²) in [5.74, 6) is -0.232. The average Bonchev–Trinajstić information content (AvgIpc) is 2.50. The molecule has 1 aliphatic heterocycles. The summed E-state index contributed by atoms with van der Waals surface area (Å²) in [6.45, 7) is 4.17. The van der Waals surface area contributed by atoms with Crippen LogP contribution in [0.4, 0.5) is 5.69 Å². The van der Waals surface area contributed by atoms with Crippen molar-refractivity contribution in [3.8, 4) is 0 Å². The number of piperazine rings is 1. The van der Waals surface area contributed by atoms with Crippen molar-refractivity contribution in [1.29, 1.82) is 0 Å². The topological polar surface area (TPSA) is 52.7 Å². The average molecular weight is 399 g/mol. The summed E-state index contributed by atoms with van der Waals surface area (Å²) >= 11 is 24.0. The normalized spacial score (nSPS) is 15.6. The number of carbonyl (C=O) groups excluding carboxylic acids is 2. The van der Waals surface area contributed by atoms with Crippen molar-refractivity contribution in [2.45, 2.75) is 6.92 Å². The second-order valence-corrected chi connectivity index (χ2v) is 6.74. The second kappa shape index (κ2) is 7.90. The summed E-state index contributed by atoms with van der Waals surface area (Å²) in [5, 5.41) is 3.37. The molecular weight excluding hydrogens is 384 g/mol. The van der Waals surface area contributed by atoms with Crippen LogP contribution in [0.15, 0.2) is 6.07 Å². The third kappa shape index (κ3) is 4.64. The van der Waals surface area contributed by atoms with E-state index in [1.54, 1.807) is 4.90 Å². The van der Waals surface area contributed by atoms with E-state index in [9.17, 15) is 9.59 Å². The standard InChI is InChI=1S/C14H15Cl4N3O2/c1-8(22)21-4-2-20(3-5-21)7-11(23)19-14-12(17)9(15)6-10(16)13(14)18/h6H,2-5,7H2,1H3,(H,19,23). The highest BCUT2D eigenvalue weighted by atomic mass is 35.5. The van der Waals surface area contributed by atoms with Gasteiger partial charge < -0.3 is 10.2 Å². The predicted octanol–water partition coefficient (Wildman–Crippen LogP) is 3.40. The Balaban J connectivity index is 1.98. The van der Waals surface area contributed by atoms with E-state index in [1.165, 1.54) is 13.0 Å². The Morgan fingerprint density at radius 3 is 2.04 bits per heavy atom. The Labute approximate surface area is 154 Å². The molecule has 0 atom stereocenters.